The van der Waals surface area contributed by atoms with Gasteiger partial charge in [-0.3, -0.25) is 0 Å². The number of benzene rings is 1. The molecule has 1 fully saturated rings. The van der Waals surface area contributed by atoms with Crippen molar-refractivity contribution in [3.8, 4) is 0 Å². The molecule has 1 aliphatic heterocycles. The van der Waals surface area contributed by atoms with Crippen molar-refractivity contribution in [2.24, 2.45) is 0 Å². The molecule has 1 heterocycles. The van der Waals surface area contributed by atoms with Crippen molar-refractivity contribution >= 4 is 5.69 Å². The van der Waals surface area contributed by atoms with Crippen molar-refractivity contribution in [1.29, 1.82) is 0 Å². The summed E-state index contributed by atoms with van der Waals surface area (Å²) >= 11 is 0. The number of aliphatic hydroxyl groups excluding tert-OH is 4. The summed E-state index contributed by atoms with van der Waals surface area (Å²) in [6.07, 6.45) is -5.90. The number of hydrazine groups is 1. The Bertz CT molecular complexity index is 416. The highest BCUT2D eigenvalue weighted by Crippen LogP contribution is 2.20. The van der Waals surface area contributed by atoms with Crippen LogP contribution in [0.15, 0.2) is 30.3 Å². The molecule has 0 bridgehead atoms. The highest BCUT2D eigenvalue weighted by molar-refractivity contribution is 5.43. The number of nitrogens with zero attached hydrogens (tertiary/aromatic N) is 1. The van der Waals surface area contributed by atoms with Gasteiger partial charge in [0.25, 0.3) is 0 Å². The Balaban J connectivity index is 2.04. The van der Waals surface area contributed by atoms with E-state index in [0.29, 0.717) is 0 Å². The third-order valence-electron chi connectivity index (χ3n) is 3.36. The van der Waals surface area contributed by atoms with E-state index in [4.69, 9.17) is 9.84 Å². The number of rotatable bonds is 4. The van der Waals surface area contributed by atoms with Crippen LogP contribution in [0.4, 0.5) is 5.69 Å². The van der Waals surface area contributed by atoms with E-state index in [-0.39, 0.29) is 0 Å². The smallest absolute Gasteiger partial charge is 0.153 e. The van der Waals surface area contributed by atoms with Crippen molar-refractivity contribution in [2.45, 2.75) is 30.6 Å². The van der Waals surface area contributed by atoms with Gasteiger partial charge in [-0.1, -0.05) is 18.2 Å². The standard InChI is InChI=1S/C13H20N2O5/c1-15(8-5-3-2-4-6-8)14-13-12(19)11(18)10(17)9(7-16)20-13/h2-6,9-14,16-19H,7H2,1H3. The summed E-state index contributed by atoms with van der Waals surface area (Å²) in [6, 6.07) is 9.32. The fourth-order valence-electron chi connectivity index (χ4n) is 2.13. The lowest BCUT2D eigenvalue weighted by molar-refractivity contribution is -0.236. The Hall–Kier alpha value is -1.22. The maximum atomic E-state index is 9.91. The van der Waals surface area contributed by atoms with Gasteiger partial charge in [0.05, 0.1) is 12.3 Å². The Labute approximate surface area is 117 Å². The highest BCUT2D eigenvalue weighted by atomic mass is 16.6. The maximum Gasteiger partial charge on any atom is 0.153 e. The van der Waals surface area contributed by atoms with Gasteiger partial charge < -0.3 is 30.2 Å². The molecule has 7 nitrogen and oxygen atoms in total. The molecule has 0 spiro atoms. The van der Waals surface area contributed by atoms with Crippen LogP contribution in [0.5, 0.6) is 0 Å². The van der Waals surface area contributed by atoms with Crippen LogP contribution >= 0.6 is 0 Å². The lowest BCUT2D eigenvalue weighted by atomic mass is 9.99. The molecule has 5 unspecified atom stereocenters. The lowest BCUT2D eigenvalue weighted by Crippen LogP contribution is -2.64. The Morgan fingerprint density at radius 2 is 1.75 bits per heavy atom. The molecule has 0 aromatic heterocycles. The van der Waals surface area contributed by atoms with E-state index >= 15 is 0 Å². The molecular formula is C13H20N2O5. The Morgan fingerprint density at radius 3 is 2.35 bits per heavy atom. The zero-order valence-electron chi connectivity index (χ0n) is 11.1. The molecule has 0 radical (unpaired) electrons. The van der Waals surface area contributed by atoms with Gasteiger partial charge in [0.2, 0.25) is 0 Å². The van der Waals surface area contributed by atoms with Gasteiger partial charge in [0, 0.05) is 7.05 Å². The van der Waals surface area contributed by atoms with E-state index in [9.17, 15) is 15.3 Å². The molecule has 5 N–H and O–H groups in total. The normalized spacial score (nSPS) is 34.0. The zero-order valence-corrected chi connectivity index (χ0v) is 11.1. The number of para-hydroxylation sites is 1. The summed E-state index contributed by atoms with van der Waals surface area (Å²) in [7, 11) is 1.73. The average Bonchev–Trinajstić information content (AvgIpc) is 2.48. The fraction of sp³-hybridized carbons (Fsp3) is 0.538. The molecule has 20 heavy (non-hydrogen) atoms. The molecule has 7 heteroatoms. The second kappa shape index (κ2) is 6.49. The molecule has 1 aromatic carbocycles. The van der Waals surface area contributed by atoms with Crippen molar-refractivity contribution < 1.29 is 25.2 Å². The number of hydrogen-bond donors (Lipinski definition) is 5. The Morgan fingerprint density at radius 1 is 1.10 bits per heavy atom. The van der Waals surface area contributed by atoms with Gasteiger partial charge in [-0.25, -0.2) is 5.43 Å². The topological polar surface area (TPSA) is 105 Å². The van der Waals surface area contributed by atoms with Crippen LogP contribution in [0.1, 0.15) is 0 Å². The minimum Gasteiger partial charge on any atom is -0.394 e. The van der Waals surface area contributed by atoms with Gasteiger partial charge in [-0.05, 0) is 12.1 Å². The summed E-state index contributed by atoms with van der Waals surface area (Å²) in [5, 5.41) is 40.1. The summed E-state index contributed by atoms with van der Waals surface area (Å²) in [4.78, 5) is 0. The quantitative estimate of drug-likeness (QED) is 0.425. The lowest BCUT2D eigenvalue weighted by Gasteiger charge is -2.41. The molecule has 0 aliphatic carbocycles. The van der Waals surface area contributed by atoms with Crippen molar-refractivity contribution in [3.63, 3.8) is 0 Å². The van der Waals surface area contributed by atoms with Crippen molar-refractivity contribution in [3.05, 3.63) is 30.3 Å². The van der Waals surface area contributed by atoms with E-state index in [2.05, 4.69) is 5.43 Å². The van der Waals surface area contributed by atoms with Gasteiger partial charge in [0.15, 0.2) is 6.23 Å². The maximum absolute atomic E-state index is 9.91. The molecular weight excluding hydrogens is 264 g/mol. The van der Waals surface area contributed by atoms with Crippen LogP contribution in [-0.4, -0.2) is 64.7 Å². The first-order chi connectivity index (χ1) is 9.54. The minimum absolute atomic E-state index is 0.446. The molecule has 0 amide bonds. The SMILES string of the molecule is CN(NC1OC(CO)C(O)C(O)C1O)c1ccccc1. The molecule has 1 aromatic rings. The predicted molar refractivity (Wildman–Crippen MR) is 71.7 cm³/mol. The minimum atomic E-state index is -1.39. The third kappa shape index (κ3) is 3.09. The van der Waals surface area contributed by atoms with Crippen molar-refractivity contribution in [1.82, 2.24) is 5.43 Å². The second-order valence-electron chi connectivity index (χ2n) is 4.77. The number of ether oxygens (including phenoxy) is 1. The van der Waals surface area contributed by atoms with Gasteiger partial charge >= 0.3 is 0 Å². The third-order valence-corrected chi connectivity index (χ3v) is 3.36. The van der Waals surface area contributed by atoms with E-state index in [1.165, 1.54) is 0 Å². The van der Waals surface area contributed by atoms with Crippen LogP contribution in [0.2, 0.25) is 0 Å². The molecule has 1 saturated heterocycles. The molecule has 112 valence electrons. The largest absolute Gasteiger partial charge is 0.394 e. The van der Waals surface area contributed by atoms with E-state index in [1.54, 1.807) is 12.1 Å². The summed E-state index contributed by atoms with van der Waals surface area (Å²) < 4.78 is 5.36. The van der Waals surface area contributed by atoms with E-state index in [0.717, 1.165) is 5.69 Å². The van der Waals surface area contributed by atoms with Crippen LogP contribution in [-0.2, 0) is 4.74 Å². The van der Waals surface area contributed by atoms with Crippen LogP contribution in [0.25, 0.3) is 0 Å². The van der Waals surface area contributed by atoms with Crippen LogP contribution < -0.4 is 10.4 Å². The number of nitrogens with one attached hydrogen (secondary N) is 1. The van der Waals surface area contributed by atoms with E-state index < -0.39 is 37.3 Å². The molecule has 5 atom stereocenters. The highest BCUT2D eigenvalue weighted by Gasteiger charge is 2.43. The molecule has 1 aliphatic rings. The first-order valence-corrected chi connectivity index (χ1v) is 6.40. The Kier molecular flexibility index (Phi) is 4.92. The average molecular weight is 284 g/mol. The summed E-state index contributed by atoms with van der Waals surface area (Å²) in [5.41, 5.74) is 3.72. The van der Waals surface area contributed by atoms with Crippen LogP contribution in [0.3, 0.4) is 0 Å². The number of anilines is 1. The van der Waals surface area contributed by atoms with Crippen LogP contribution in [0, 0.1) is 0 Å². The summed E-state index contributed by atoms with van der Waals surface area (Å²) in [6.45, 7) is -0.446. The van der Waals surface area contributed by atoms with Gasteiger partial charge in [-0.2, -0.15) is 0 Å². The zero-order chi connectivity index (χ0) is 14.7. The number of hydrogen-bond acceptors (Lipinski definition) is 7. The first kappa shape index (κ1) is 15.2. The monoisotopic (exact) mass is 284 g/mol. The molecule has 0 saturated carbocycles. The predicted octanol–water partition coefficient (Wildman–Crippen LogP) is -1.57. The fourth-order valence-corrected chi connectivity index (χ4v) is 2.13. The number of aliphatic hydroxyl groups is 4. The summed E-state index contributed by atoms with van der Waals surface area (Å²) in [5.74, 6) is 0. The molecule has 2 rings (SSSR count). The van der Waals surface area contributed by atoms with Gasteiger partial charge in [-0.15, -0.1) is 0 Å². The van der Waals surface area contributed by atoms with Gasteiger partial charge in [0.1, 0.15) is 24.4 Å². The first-order valence-electron chi connectivity index (χ1n) is 6.40. The van der Waals surface area contributed by atoms with E-state index in [1.807, 2.05) is 30.3 Å². The second-order valence-corrected chi connectivity index (χ2v) is 4.77. The van der Waals surface area contributed by atoms with Crippen molar-refractivity contribution in [2.75, 3.05) is 18.7 Å².